The predicted octanol–water partition coefficient (Wildman–Crippen LogP) is 3.72. The van der Waals surface area contributed by atoms with Crippen LogP contribution in [0.1, 0.15) is 0 Å². The first kappa shape index (κ1) is 11.5. The topological polar surface area (TPSA) is 39.4 Å². The third kappa shape index (κ3) is 2.33. The first-order valence-corrected chi connectivity index (χ1v) is 5.69. The summed E-state index contributed by atoms with van der Waals surface area (Å²) in [4.78, 5) is 11.7. The molecule has 3 aromatic rings. The van der Waals surface area contributed by atoms with Crippen LogP contribution in [0.3, 0.4) is 0 Å². The van der Waals surface area contributed by atoms with E-state index in [9.17, 15) is 9.18 Å². The van der Waals surface area contributed by atoms with Crippen molar-refractivity contribution in [1.82, 2.24) is 0 Å². The van der Waals surface area contributed by atoms with Crippen molar-refractivity contribution in [3.8, 4) is 11.5 Å². The SMILES string of the molecule is O=c1oc2ccccc2cc1Oc1ccc(F)cc1. The normalized spacial score (nSPS) is 10.6. The smallest absolute Gasteiger partial charge is 0.379 e. The summed E-state index contributed by atoms with van der Waals surface area (Å²) in [5, 5.41) is 0.763. The van der Waals surface area contributed by atoms with Gasteiger partial charge >= 0.3 is 5.63 Å². The minimum atomic E-state index is -0.567. The molecule has 0 amide bonds. The molecule has 0 unspecified atom stereocenters. The van der Waals surface area contributed by atoms with Crippen LogP contribution in [0.5, 0.6) is 11.5 Å². The van der Waals surface area contributed by atoms with Crippen LogP contribution < -0.4 is 10.4 Å². The van der Waals surface area contributed by atoms with Gasteiger partial charge in [-0.25, -0.2) is 9.18 Å². The van der Waals surface area contributed by atoms with Gasteiger partial charge in [-0.15, -0.1) is 0 Å². The zero-order chi connectivity index (χ0) is 13.2. The van der Waals surface area contributed by atoms with E-state index in [0.29, 0.717) is 11.3 Å². The molecule has 0 radical (unpaired) electrons. The van der Waals surface area contributed by atoms with Crippen molar-refractivity contribution < 1.29 is 13.5 Å². The van der Waals surface area contributed by atoms with E-state index in [1.165, 1.54) is 24.3 Å². The van der Waals surface area contributed by atoms with Gasteiger partial charge in [0.15, 0.2) is 0 Å². The third-order valence-electron chi connectivity index (χ3n) is 2.65. The lowest BCUT2D eigenvalue weighted by Gasteiger charge is -2.04. The van der Waals surface area contributed by atoms with Gasteiger partial charge in [-0.2, -0.15) is 0 Å². The first-order valence-electron chi connectivity index (χ1n) is 5.69. The molecule has 0 saturated heterocycles. The van der Waals surface area contributed by atoms with E-state index in [1.54, 1.807) is 18.2 Å². The standard InChI is InChI=1S/C15H9FO3/c16-11-5-7-12(8-6-11)18-14-9-10-3-1-2-4-13(10)19-15(14)17/h1-9H. The molecule has 0 saturated carbocycles. The van der Waals surface area contributed by atoms with Crippen molar-refractivity contribution in [2.45, 2.75) is 0 Å². The fourth-order valence-electron chi connectivity index (χ4n) is 1.74. The van der Waals surface area contributed by atoms with Gasteiger partial charge < -0.3 is 9.15 Å². The molecule has 0 N–H and O–H groups in total. The molecule has 1 heterocycles. The lowest BCUT2D eigenvalue weighted by atomic mass is 10.2. The van der Waals surface area contributed by atoms with E-state index in [0.717, 1.165) is 5.39 Å². The van der Waals surface area contributed by atoms with E-state index in [-0.39, 0.29) is 11.6 Å². The van der Waals surface area contributed by atoms with E-state index in [2.05, 4.69) is 0 Å². The molecule has 4 heteroatoms. The van der Waals surface area contributed by atoms with Crippen molar-refractivity contribution in [3.05, 3.63) is 70.8 Å². The largest absolute Gasteiger partial charge is 0.450 e. The Labute approximate surface area is 107 Å². The summed E-state index contributed by atoms with van der Waals surface area (Å²) in [5.41, 5.74) is -0.0676. The Bertz CT molecular complexity index is 775. The quantitative estimate of drug-likeness (QED) is 0.656. The van der Waals surface area contributed by atoms with E-state index < -0.39 is 5.63 Å². The molecule has 94 valence electrons. The van der Waals surface area contributed by atoms with E-state index in [1.807, 2.05) is 12.1 Å². The number of rotatable bonds is 2. The van der Waals surface area contributed by atoms with Crippen LogP contribution in [0.2, 0.25) is 0 Å². The van der Waals surface area contributed by atoms with Gasteiger partial charge in [0.1, 0.15) is 17.1 Å². The second-order valence-electron chi connectivity index (χ2n) is 3.99. The van der Waals surface area contributed by atoms with Crippen molar-refractivity contribution in [3.63, 3.8) is 0 Å². The summed E-state index contributed by atoms with van der Waals surface area (Å²) in [6.45, 7) is 0. The minimum absolute atomic E-state index is 0.0744. The number of halogens is 1. The highest BCUT2D eigenvalue weighted by Gasteiger charge is 2.07. The van der Waals surface area contributed by atoms with Crippen molar-refractivity contribution in [1.29, 1.82) is 0 Å². The zero-order valence-corrected chi connectivity index (χ0v) is 9.80. The monoisotopic (exact) mass is 256 g/mol. The van der Waals surface area contributed by atoms with Crippen LogP contribution in [-0.2, 0) is 0 Å². The molecule has 0 spiro atoms. The Kier molecular flexibility index (Phi) is 2.76. The summed E-state index contributed by atoms with van der Waals surface area (Å²) in [5.74, 6) is 0.0900. The van der Waals surface area contributed by atoms with Crippen molar-refractivity contribution >= 4 is 11.0 Å². The van der Waals surface area contributed by atoms with Gasteiger partial charge in [0, 0.05) is 5.39 Å². The summed E-state index contributed by atoms with van der Waals surface area (Å²) in [6, 6.07) is 14.2. The molecule has 0 aliphatic carbocycles. The average molecular weight is 256 g/mol. The highest BCUT2D eigenvalue weighted by Crippen LogP contribution is 2.22. The number of hydrogen-bond acceptors (Lipinski definition) is 3. The van der Waals surface area contributed by atoms with Gasteiger partial charge in [0.05, 0.1) is 0 Å². The molecule has 0 fully saturated rings. The maximum absolute atomic E-state index is 12.8. The molecule has 3 nitrogen and oxygen atoms in total. The highest BCUT2D eigenvalue weighted by atomic mass is 19.1. The van der Waals surface area contributed by atoms with Crippen LogP contribution in [0.15, 0.2) is 63.8 Å². The lowest BCUT2D eigenvalue weighted by molar-refractivity contribution is 0.436. The van der Waals surface area contributed by atoms with Crippen LogP contribution in [0.25, 0.3) is 11.0 Å². The van der Waals surface area contributed by atoms with Crippen molar-refractivity contribution in [2.24, 2.45) is 0 Å². The minimum Gasteiger partial charge on any atom is -0.450 e. The zero-order valence-electron chi connectivity index (χ0n) is 9.80. The number of benzene rings is 2. The molecule has 0 aliphatic heterocycles. The Morgan fingerprint density at radius 1 is 1.00 bits per heavy atom. The first-order chi connectivity index (χ1) is 9.22. The summed E-state index contributed by atoms with van der Waals surface area (Å²) < 4.78 is 23.3. The average Bonchev–Trinajstić information content (AvgIpc) is 2.42. The van der Waals surface area contributed by atoms with Gasteiger partial charge in [0.25, 0.3) is 0 Å². The Morgan fingerprint density at radius 3 is 2.53 bits per heavy atom. The number of hydrogen-bond donors (Lipinski definition) is 0. The molecule has 19 heavy (non-hydrogen) atoms. The molecule has 0 aliphatic rings. The van der Waals surface area contributed by atoms with Crippen LogP contribution in [0, 0.1) is 5.82 Å². The summed E-state index contributed by atoms with van der Waals surface area (Å²) >= 11 is 0. The predicted molar refractivity (Wildman–Crippen MR) is 69.0 cm³/mol. The van der Waals surface area contributed by atoms with Crippen LogP contribution in [-0.4, -0.2) is 0 Å². The van der Waals surface area contributed by atoms with Gasteiger partial charge in [-0.05, 0) is 36.4 Å². The second kappa shape index (κ2) is 4.57. The van der Waals surface area contributed by atoms with Crippen LogP contribution in [0.4, 0.5) is 4.39 Å². The van der Waals surface area contributed by atoms with Gasteiger partial charge in [-0.1, -0.05) is 18.2 Å². The van der Waals surface area contributed by atoms with Crippen LogP contribution >= 0.6 is 0 Å². The van der Waals surface area contributed by atoms with E-state index in [4.69, 9.17) is 9.15 Å². The second-order valence-corrected chi connectivity index (χ2v) is 3.99. The molecule has 1 aromatic heterocycles. The third-order valence-corrected chi connectivity index (χ3v) is 2.65. The van der Waals surface area contributed by atoms with E-state index >= 15 is 0 Å². The number of ether oxygens (including phenoxy) is 1. The molecular formula is C15H9FO3. The Balaban J connectivity index is 2.03. The maximum atomic E-state index is 12.8. The molecule has 3 rings (SSSR count). The molecule has 2 aromatic carbocycles. The Hall–Kier alpha value is -2.62. The molecule has 0 atom stereocenters. The fraction of sp³-hybridized carbons (Fsp3) is 0. The fourth-order valence-corrected chi connectivity index (χ4v) is 1.74. The Morgan fingerprint density at radius 2 is 1.74 bits per heavy atom. The van der Waals surface area contributed by atoms with Gasteiger partial charge in [0.2, 0.25) is 5.75 Å². The summed E-state index contributed by atoms with van der Waals surface area (Å²) in [6.07, 6.45) is 0. The lowest BCUT2D eigenvalue weighted by Crippen LogP contribution is -2.02. The van der Waals surface area contributed by atoms with Gasteiger partial charge in [-0.3, -0.25) is 0 Å². The highest BCUT2D eigenvalue weighted by molar-refractivity contribution is 5.77. The molecule has 0 bridgehead atoms. The molecular weight excluding hydrogens is 247 g/mol. The number of fused-ring (bicyclic) bond motifs is 1. The number of para-hydroxylation sites is 1. The van der Waals surface area contributed by atoms with Crippen molar-refractivity contribution in [2.75, 3.05) is 0 Å². The maximum Gasteiger partial charge on any atom is 0.379 e. The summed E-state index contributed by atoms with van der Waals surface area (Å²) in [7, 11) is 0.